The summed E-state index contributed by atoms with van der Waals surface area (Å²) < 4.78 is 37.1. The van der Waals surface area contributed by atoms with E-state index in [0.717, 1.165) is 88.6 Å². The third-order valence-corrected chi connectivity index (χ3v) is 13.4. The molecule has 3 aliphatic heterocycles. The van der Waals surface area contributed by atoms with E-state index in [-0.39, 0.29) is 29.8 Å². The Kier molecular flexibility index (Phi) is 7.88. The molecule has 2 bridgehead atoms. The fraction of sp³-hybridized carbons (Fsp3) is 0.568. The molecule has 11 heteroatoms. The maximum absolute atomic E-state index is 14.9. The highest BCUT2D eigenvalue weighted by Crippen LogP contribution is 2.55. The van der Waals surface area contributed by atoms with Gasteiger partial charge < -0.3 is 19.1 Å². The monoisotopic (exact) mass is 673 g/mol. The number of fused-ring (bicyclic) bond motifs is 8. The number of likely N-dealkylation sites (N-methyl/N-ethyl adjacent to an activating group) is 1. The number of carbonyl (C=O) groups is 2. The molecule has 4 heterocycles. The molecule has 2 aromatic rings. The maximum atomic E-state index is 14.9. The second kappa shape index (κ2) is 11.9. The van der Waals surface area contributed by atoms with Crippen molar-refractivity contribution in [1.82, 2.24) is 23.4 Å². The fourth-order valence-electron chi connectivity index (χ4n) is 9.56. The van der Waals surface area contributed by atoms with Gasteiger partial charge in [0.25, 0.3) is 5.91 Å². The second-order valence-electron chi connectivity index (χ2n) is 14.9. The lowest BCUT2D eigenvalue weighted by atomic mass is 9.75. The molecule has 3 unspecified atom stereocenters. The summed E-state index contributed by atoms with van der Waals surface area (Å²) in [5, 5.41) is 1.04. The number of carbonyl (C=O) groups excluding carboxylic acids is 2. The highest BCUT2D eigenvalue weighted by molar-refractivity contribution is 7.87. The SMILES string of the molecule is COc1ccc(C2CCCCC2)c2c1cc1n2CC2=C(C(=O)NS(=O)(=O)N(C)C)C2=C2C=CC[C@@H](C(=O)N3C4CCC3CN(C)CC4)C21. The van der Waals surface area contributed by atoms with Crippen LogP contribution in [0.15, 0.2) is 52.6 Å². The maximum Gasteiger partial charge on any atom is 0.303 e. The average molecular weight is 674 g/mol. The molecular formula is C37H47N5O5S. The number of benzene rings is 1. The quantitative estimate of drug-likeness (QED) is 0.481. The molecule has 3 aliphatic carbocycles. The van der Waals surface area contributed by atoms with Crippen LogP contribution in [0.25, 0.3) is 10.9 Å². The molecule has 4 atom stereocenters. The summed E-state index contributed by atoms with van der Waals surface area (Å²) in [5.74, 6) is 0.218. The summed E-state index contributed by atoms with van der Waals surface area (Å²) in [6.07, 6.45) is 13.8. The van der Waals surface area contributed by atoms with E-state index < -0.39 is 16.1 Å². The van der Waals surface area contributed by atoms with Gasteiger partial charge in [-0.25, -0.2) is 4.72 Å². The number of amides is 2. The van der Waals surface area contributed by atoms with Crippen LogP contribution >= 0.6 is 0 Å². The summed E-state index contributed by atoms with van der Waals surface area (Å²) in [5.41, 5.74) is 6.55. The molecule has 2 saturated heterocycles. The number of allylic oxidation sites excluding steroid dienone is 4. The molecule has 6 aliphatic rings. The number of nitrogens with zero attached hydrogens (tertiary/aromatic N) is 4. The number of likely N-dealkylation sites (tertiary alicyclic amines) is 1. The summed E-state index contributed by atoms with van der Waals surface area (Å²) in [4.78, 5) is 33.2. The topological polar surface area (TPSA) is 104 Å². The molecule has 0 radical (unpaired) electrons. The number of aromatic nitrogens is 1. The lowest BCUT2D eigenvalue weighted by Gasteiger charge is -2.37. The van der Waals surface area contributed by atoms with Crippen LogP contribution in [0.1, 0.15) is 80.9 Å². The highest BCUT2D eigenvalue weighted by Gasteiger charge is 2.50. The van der Waals surface area contributed by atoms with Gasteiger partial charge >= 0.3 is 10.2 Å². The molecule has 2 amide bonds. The van der Waals surface area contributed by atoms with Crippen molar-refractivity contribution in [2.24, 2.45) is 5.92 Å². The van der Waals surface area contributed by atoms with E-state index in [9.17, 15) is 18.0 Å². The van der Waals surface area contributed by atoms with Crippen LogP contribution in [-0.2, 0) is 26.3 Å². The number of methoxy groups -OCH3 is 1. The van der Waals surface area contributed by atoms with Crippen molar-refractivity contribution in [1.29, 1.82) is 0 Å². The van der Waals surface area contributed by atoms with Gasteiger partial charge in [-0.15, -0.1) is 0 Å². The van der Waals surface area contributed by atoms with E-state index in [1.165, 1.54) is 38.9 Å². The van der Waals surface area contributed by atoms with Crippen molar-refractivity contribution in [2.45, 2.75) is 88.3 Å². The average Bonchev–Trinajstić information content (AvgIpc) is 3.57. The van der Waals surface area contributed by atoms with E-state index in [0.29, 0.717) is 24.5 Å². The largest absolute Gasteiger partial charge is 0.496 e. The van der Waals surface area contributed by atoms with Gasteiger partial charge in [0.2, 0.25) is 5.91 Å². The number of hydrogen-bond donors (Lipinski definition) is 1. The molecule has 8 rings (SSSR count). The minimum atomic E-state index is -3.98. The summed E-state index contributed by atoms with van der Waals surface area (Å²) in [7, 11) is 2.69. The van der Waals surface area contributed by atoms with Crippen LogP contribution < -0.4 is 9.46 Å². The van der Waals surface area contributed by atoms with Crippen LogP contribution in [0.3, 0.4) is 0 Å². The lowest BCUT2D eigenvalue weighted by molar-refractivity contribution is -0.138. The van der Waals surface area contributed by atoms with Gasteiger partial charge in [0.15, 0.2) is 0 Å². The van der Waals surface area contributed by atoms with E-state index in [1.807, 2.05) is 0 Å². The normalized spacial score (nSPS) is 27.5. The van der Waals surface area contributed by atoms with Gasteiger partial charge in [-0.3, -0.25) is 9.59 Å². The van der Waals surface area contributed by atoms with E-state index in [2.05, 4.69) is 56.5 Å². The Hall–Kier alpha value is -3.41. The Morgan fingerprint density at radius 1 is 1.02 bits per heavy atom. The minimum absolute atomic E-state index is 0.201. The van der Waals surface area contributed by atoms with Gasteiger partial charge in [0.1, 0.15) is 5.75 Å². The molecule has 3 fully saturated rings. The predicted octanol–water partition coefficient (Wildman–Crippen LogP) is 4.60. The van der Waals surface area contributed by atoms with Crippen LogP contribution in [0.4, 0.5) is 0 Å². The zero-order chi connectivity index (χ0) is 33.5. The Balaban J connectivity index is 1.30. The van der Waals surface area contributed by atoms with Gasteiger partial charge in [0.05, 0.1) is 24.1 Å². The first-order valence-corrected chi connectivity index (χ1v) is 19.1. The third-order valence-electron chi connectivity index (χ3n) is 12.0. The Morgan fingerprint density at radius 2 is 1.79 bits per heavy atom. The van der Waals surface area contributed by atoms with Gasteiger partial charge in [0, 0.05) is 56.3 Å². The van der Waals surface area contributed by atoms with Gasteiger partial charge in [-0.2, -0.15) is 12.7 Å². The second-order valence-corrected chi connectivity index (χ2v) is 16.8. The summed E-state index contributed by atoms with van der Waals surface area (Å²) in [6, 6.07) is 7.01. The molecule has 1 aromatic carbocycles. The molecule has 10 nitrogen and oxygen atoms in total. The number of hydrogen-bond acceptors (Lipinski definition) is 6. The molecule has 1 saturated carbocycles. The van der Waals surface area contributed by atoms with Crippen molar-refractivity contribution in [3.05, 3.63) is 63.9 Å². The first kappa shape index (κ1) is 31.8. The summed E-state index contributed by atoms with van der Waals surface area (Å²) in [6.45, 7) is 2.33. The van der Waals surface area contributed by atoms with Gasteiger partial charge in [-0.05, 0) is 92.5 Å². The Labute approximate surface area is 283 Å². The molecule has 1 N–H and O–H groups in total. The number of ether oxygens (including phenoxy) is 1. The predicted molar refractivity (Wildman–Crippen MR) is 185 cm³/mol. The molecular weight excluding hydrogens is 627 g/mol. The van der Waals surface area contributed by atoms with Crippen molar-refractivity contribution in [3.63, 3.8) is 0 Å². The standard InChI is InChI=1S/C37H47N5O5S/c1-39(2)48(45,46)38-36(43)34-29-21-41-30(19-28-31(47-4)16-15-25(35(28)41)22-9-6-5-7-10-22)32-26(33(29)34)11-8-12-27(32)37(44)42-23-13-14-24(42)20-40(3)18-17-23/h8,11,15-16,19,22-24,27,32H,5-7,9-10,12-14,17-18,20-21H2,1-4H3,(H,38,43)/t23?,24?,27-,32?/m1/s1. The lowest BCUT2D eigenvalue weighted by Crippen LogP contribution is -2.47. The van der Waals surface area contributed by atoms with Crippen molar-refractivity contribution in [3.8, 4) is 5.75 Å². The third kappa shape index (κ3) is 5.07. The van der Waals surface area contributed by atoms with Crippen molar-refractivity contribution >= 4 is 32.9 Å². The molecule has 0 spiro atoms. The van der Waals surface area contributed by atoms with E-state index >= 15 is 0 Å². The highest BCUT2D eigenvalue weighted by atomic mass is 32.2. The zero-order valence-electron chi connectivity index (χ0n) is 28.5. The first-order chi connectivity index (χ1) is 23.1. The molecule has 1 aromatic heterocycles. The molecule has 256 valence electrons. The van der Waals surface area contributed by atoms with Crippen LogP contribution in [0, 0.1) is 5.92 Å². The zero-order valence-corrected chi connectivity index (χ0v) is 29.3. The van der Waals surface area contributed by atoms with Crippen molar-refractivity contribution < 1.29 is 22.7 Å². The van der Waals surface area contributed by atoms with Crippen molar-refractivity contribution in [2.75, 3.05) is 41.3 Å². The number of nitrogens with one attached hydrogen (secondary N) is 1. The van der Waals surface area contributed by atoms with Crippen LogP contribution in [-0.4, -0.2) is 92.3 Å². The molecule has 48 heavy (non-hydrogen) atoms. The van der Waals surface area contributed by atoms with Crippen LogP contribution in [0.2, 0.25) is 0 Å². The van der Waals surface area contributed by atoms with Gasteiger partial charge in [-0.1, -0.05) is 37.5 Å². The Morgan fingerprint density at radius 3 is 2.54 bits per heavy atom. The number of rotatable bonds is 6. The minimum Gasteiger partial charge on any atom is -0.496 e. The first-order valence-electron chi connectivity index (χ1n) is 17.7. The van der Waals surface area contributed by atoms with E-state index in [4.69, 9.17) is 4.74 Å². The summed E-state index contributed by atoms with van der Waals surface area (Å²) >= 11 is 0. The smallest absolute Gasteiger partial charge is 0.303 e. The van der Waals surface area contributed by atoms with Crippen LogP contribution in [0.5, 0.6) is 5.75 Å². The fourth-order valence-corrected chi connectivity index (χ4v) is 10.1. The van der Waals surface area contributed by atoms with E-state index in [1.54, 1.807) is 7.11 Å². The Bertz CT molecular complexity index is 1900.